The highest BCUT2D eigenvalue weighted by molar-refractivity contribution is 7.91. The van der Waals surface area contributed by atoms with Crippen LogP contribution in [0.1, 0.15) is 12.0 Å². The van der Waals surface area contributed by atoms with Crippen molar-refractivity contribution in [3.05, 3.63) is 60.2 Å². The molecule has 0 amide bonds. The van der Waals surface area contributed by atoms with Crippen LogP contribution in [0.15, 0.2) is 64.4 Å². The molecule has 0 saturated carbocycles. The normalized spacial score (nSPS) is 21.2. The molecule has 3 rings (SSSR count). The SMILES string of the molecule is CS(=O)(=O)c1cccc(S(=O)(=O)N[C@H]2CN(Cc3ccccc3)CC[C@@H]2CO)c1. The number of aliphatic hydroxyl groups is 1. The molecular weight excluding hydrogens is 412 g/mol. The van der Waals surface area contributed by atoms with Gasteiger partial charge in [-0.2, -0.15) is 0 Å². The first-order valence-electron chi connectivity index (χ1n) is 9.38. The van der Waals surface area contributed by atoms with Gasteiger partial charge in [0.05, 0.1) is 9.79 Å². The third kappa shape index (κ3) is 5.64. The first-order chi connectivity index (χ1) is 13.7. The molecule has 1 heterocycles. The molecule has 1 fully saturated rings. The van der Waals surface area contributed by atoms with Gasteiger partial charge in [0.1, 0.15) is 0 Å². The van der Waals surface area contributed by atoms with Crippen molar-refractivity contribution in [2.45, 2.75) is 28.8 Å². The van der Waals surface area contributed by atoms with Crippen LogP contribution in [0.2, 0.25) is 0 Å². The fourth-order valence-corrected chi connectivity index (χ4v) is 5.63. The van der Waals surface area contributed by atoms with Crippen LogP contribution >= 0.6 is 0 Å². The molecule has 0 bridgehead atoms. The maximum absolute atomic E-state index is 12.9. The van der Waals surface area contributed by atoms with E-state index in [2.05, 4.69) is 9.62 Å². The predicted molar refractivity (Wildman–Crippen MR) is 111 cm³/mol. The van der Waals surface area contributed by atoms with Gasteiger partial charge in [-0.25, -0.2) is 21.6 Å². The highest BCUT2D eigenvalue weighted by atomic mass is 32.2. The molecule has 0 aromatic heterocycles. The molecule has 2 aromatic rings. The molecule has 0 aliphatic carbocycles. The number of benzene rings is 2. The smallest absolute Gasteiger partial charge is 0.240 e. The average Bonchev–Trinajstić information content (AvgIpc) is 2.68. The average molecular weight is 439 g/mol. The molecule has 0 radical (unpaired) electrons. The van der Waals surface area contributed by atoms with Gasteiger partial charge in [0.2, 0.25) is 10.0 Å². The molecule has 0 unspecified atom stereocenters. The predicted octanol–water partition coefficient (Wildman–Crippen LogP) is 1.25. The Morgan fingerprint density at radius 2 is 1.72 bits per heavy atom. The summed E-state index contributed by atoms with van der Waals surface area (Å²) in [4.78, 5) is 2.01. The van der Waals surface area contributed by atoms with Crippen molar-refractivity contribution in [1.82, 2.24) is 9.62 Å². The van der Waals surface area contributed by atoms with E-state index in [1.807, 2.05) is 30.3 Å². The van der Waals surface area contributed by atoms with E-state index < -0.39 is 25.9 Å². The van der Waals surface area contributed by atoms with Crippen molar-refractivity contribution < 1.29 is 21.9 Å². The van der Waals surface area contributed by atoms with E-state index in [9.17, 15) is 21.9 Å². The summed E-state index contributed by atoms with van der Waals surface area (Å²) in [5.41, 5.74) is 1.14. The van der Waals surface area contributed by atoms with E-state index in [4.69, 9.17) is 0 Å². The third-order valence-electron chi connectivity index (χ3n) is 5.17. The van der Waals surface area contributed by atoms with Crippen molar-refractivity contribution in [2.24, 2.45) is 5.92 Å². The fourth-order valence-electron chi connectivity index (χ4n) is 3.54. The highest BCUT2D eigenvalue weighted by Crippen LogP contribution is 2.22. The molecule has 29 heavy (non-hydrogen) atoms. The van der Waals surface area contributed by atoms with Gasteiger partial charge in [0.25, 0.3) is 0 Å². The minimum absolute atomic E-state index is 0.0477. The van der Waals surface area contributed by atoms with Gasteiger partial charge in [-0.05, 0) is 36.7 Å². The van der Waals surface area contributed by atoms with Gasteiger partial charge in [-0.15, -0.1) is 0 Å². The lowest BCUT2D eigenvalue weighted by molar-refractivity contribution is 0.101. The number of likely N-dealkylation sites (tertiary alicyclic amines) is 1. The molecule has 1 saturated heterocycles. The summed E-state index contributed by atoms with van der Waals surface area (Å²) in [6, 6.07) is 14.8. The summed E-state index contributed by atoms with van der Waals surface area (Å²) in [5, 5.41) is 9.72. The van der Waals surface area contributed by atoms with Gasteiger partial charge in [-0.1, -0.05) is 36.4 Å². The lowest BCUT2D eigenvalue weighted by Crippen LogP contribution is -2.53. The van der Waals surface area contributed by atoms with Crippen LogP contribution in [-0.4, -0.2) is 58.8 Å². The second-order valence-electron chi connectivity index (χ2n) is 7.43. The standard InChI is InChI=1S/C20H26N2O5S2/c1-28(24,25)18-8-5-9-19(12-18)29(26,27)21-20-14-22(11-10-17(20)15-23)13-16-6-3-2-4-7-16/h2-9,12,17,20-21,23H,10-11,13-15H2,1H3/t17-,20+/m1/s1. The second kappa shape index (κ2) is 8.93. The van der Waals surface area contributed by atoms with E-state index in [1.165, 1.54) is 18.2 Å². The van der Waals surface area contributed by atoms with Gasteiger partial charge in [0, 0.05) is 37.9 Å². The van der Waals surface area contributed by atoms with Gasteiger partial charge in [0.15, 0.2) is 9.84 Å². The van der Waals surface area contributed by atoms with E-state index in [0.717, 1.165) is 24.4 Å². The first kappa shape index (κ1) is 21.9. The van der Waals surface area contributed by atoms with E-state index >= 15 is 0 Å². The van der Waals surface area contributed by atoms with Crippen molar-refractivity contribution in [3.8, 4) is 0 Å². The van der Waals surface area contributed by atoms with Crippen LogP contribution in [0.5, 0.6) is 0 Å². The number of nitrogens with zero attached hydrogens (tertiary/aromatic N) is 1. The van der Waals surface area contributed by atoms with Crippen LogP contribution in [0, 0.1) is 5.92 Å². The maximum atomic E-state index is 12.9. The van der Waals surface area contributed by atoms with Crippen LogP contribution in [0.4, 0.5) is 0 Å². The van der Waals surface area contributed by atoms with Crippen LogP contribution in [-0.2, 0) is 26.4 Å². The first-order valence-corrected chi connectivity index (χ1v) is 12.8. The lowest BCUT2D eigenvalue weighted by atomic mass is 9.93. The number of rotatable bonds is 7. The van der Waals surface area contributed by atoms with Crippen molar-refractivity contribution in [3.63, 3.8) is 0 Å². The van der Waals surface area contributed by atoms with Gasteiger partial charge < -0.3 is 5.11 Å². The third-order valence-corrected chi connectivity index (χ3v) is 7.77. The molecule has 2 atom stereocenters. The molecule has 2 N–H and O–H groups in total. The summed E-state index contributed by atoms with van der Waals surface area (Å²) in [5.74, 6) is -0.199. The van der Waals surface area contributed by atoms with Crippen molar-refractivity contribution >= 4 is 19.9 Å². The number of sulfone groups is 1. The Labute approximate surface area is 172 Å². The molecule has 1 aliphatic heterocycles. The van der Waals surface area contributed by atoms with Crippen molar-refractivity contribution in [2.75, 3.05) is 26.0 Å². The number of aliphatic hydroxyl groups excluding tert-OH is 1. The Hall–Kier alpha value is -1.78. The molecule has 9 heteroatoms. The van der Waals surface area contributed by atoms with Gasteiger partial charge in [-0.3, -0.25) is 4.90 Å². The topological polar surface area (TPSA) is 104 Å². The van der Waals surface area contributed by atoms with E-state index in [1.54, 1.807) is 0 Å². The maximum Gasteiger partial charge on any atom is 0.240 e. The molecule has 7 nitrogen and oxygen atoms in total. The van der Waals surface area contributed by atoms with Crippen LogP contribution in [0.25, 0.3) is 0 Å². The zero-order chi connectivity index (χ0) is 21.1. The Kier molecular flexibility index (Phi) is 6.75. The van der Waals surface area contributed by atoms with Gasteiger partial charge >= 0.3 is 0 Å². The number of piperidine rings is 1. The van der Waals surface area contributed by atoms with E-state index in [0.29, 0.717) is 19.5 Å². The Bertz CT molecular complexity index is 1040. The quantitative estimate of drug-likeness (QED) is 0.674. The summed E-state index contributed by atoms with van der Waals surface area (Å²) < 4.78 is 52.0. The van der Waals surface area contributed by atoms with Crippen molar-refractivity contribution in [1.29, 1.82) is 0 Å². The monoisotopic (exact) mass is 438 g/mol. The summed E-state index contributed by atoms with van der Waals surface area (Å²) in [6.45, 7) is 1.81. The minimum Gasteiger partial charge on any atom is -0.396 e. The van der Waals surface area contributed by atoms with Crippen LogP contribution < -0.4 is 4.72 Å². The highest BCUT2D eigenvalue weighted by Gasteiger charge is 2.32. The number of hydrogen-bond donors (Lipinski definition) is 2. The lowest BCUT2D eigenvalue weighted by Gasteiger charge is -2.38. The molecule has 158 valence electrons. The van der Waals surface area contributed by atoms with E-state index in [-0.39, 0.29) is 22.3 Å². The molecule has 2 aromatic carbocycles. The summed E-state index contributed by atoms with van der Waals surface area (Å²) in [6.07, 6.45) is 1.70. The molecule has 1 aliphatic rings. The number of hydrogen-bond acceptors (Lipinski definition) is 6. The Morgan fingerprint density at radius 3 is 2.38 bits per heavy atom. The zero-order valence-electron chi connectivity index (χ0n) is 16.2. The second-order valence-corrected chi connectivity index (χ2v) is 11.2. The zero-order valence-corrected chi connectivity index (χ0v) is 17.9. The summed E-state index contributed by atoms with van der Waals surface area (Å²) >= 11 is 0. The fraction of sp³-hybridized carbons (Fsp3) is 0.400. The number of nitrogens with one attached hydrogen (secondary N) is 1. The Balaban J connectivity index is 1.78. The molecule has 0 spiro atoms. The largest absolute Gasteiger partial charge is 0.396 e. The molecular formula is C20H26N2O5S2. The minimum atomic E-state index is -3.93. The van der Waals surface area contributed by atoms with Crippen LogP contribution in [0.3, 0.4) is 0 Å². The Morgan fingerprint density at radius 1 is 1.03 bits per heavy atom. The summed E-state index contributed by atoms with van der Waals surface area (Å²) in [7, 11) is -7.45. The number of sulfonamides is 1.